The second kappa shape index (κ2) is 15.1. The number of halogens is 1. The van der Waals surface area contributed by atoms with Crippen LogP contribution in [0.5, 0.6) is 5.75 Å². The molecule has 0 aromatic heterocycles. The third-order valence-electron chi connectivity index (χ3n) is 8.85. The molecule has 1 aliphatic heterocycles. The molecule has 3 atom stereocenters. The van der Waals surface area contributed by atoms with Crippen LogP contribution < -0.4 is 19.9 Å². The molecule has 1 heterocycles. The number of amides is 4. The molecule has 0 bridgehead atoms. The van der Waals surface area contributed by atoms with Crippen LogP contribution in [0.15, 0.2) is 83.3 Å². The maximum Gasteiger partial charge on any atom is 0.410 e. The van der Waals surface area contributed by atoms with Gasteiger partial charge in [0.25, 0.3) is 11.8 Å². The minimum Gasteiger partial charge on any atom is -0.496 e. The normalized spacial score (nSPS) is 15.8. The fourth-order valence-electron chi connectivity index (χ4n) is 5.94. The first-order chi connectivity index (χ1) is 24.1. The summed E-state index contributed by atoms with van der Waals surface area (Å²) in [4.78, 5) is 59.9. The topological polar surface area (TPSA) is 129 Å². The number of methoxy groups -OCH3 is 1. The van der Waals surface area contributed by atoms with E-state index in [0.29, 0.717) is 28.3 Å². The summed E-state index contributed by atoms with van der Waals surface area (Å²) in [6.45, 7) is 8.22. The van der Waals surface area contributed by atoms with Crippen molar-refractivity contribution >= 4 is 61.9 Å². The van der Waals surface area contributed by atoms with Crippen LogP contribution in [-0.4, -0.2) is 72.2 Å². The van der Waals surface area contributed by atoms with Gasteiger partial charge in [0.2, 0.25) is 5.91 Å². The van der Waals surface area contributed by atoms with E-state index in [0.717, 1.165) is 20.8 Å². The Labute approximate surface area is 306 Å². The van der Waals surface area contributed by atoms with Gasteiger partial charge in [-0.05, 0) is 93.4 Å². The molecule has 5 rings (SSSR count). The minimum atomic E-state index is -1.22. The molecule has 0 spiro atoms. The van der Waals surface area contributed by atoms with E-state index in [9.17, 15) is 24.3 Å². The highest BCUT2D eigenvalue weighted by Crippen LogP contribution is 2.38. The number of nitrogens with one attached hydrogen (secondary N) is 1. The van der Waals surface area contributed by atoms with Crippen molar-refractivity contribution in [3.05, 3.63) is 100 Å². The molecule has 2 N–H and O–H groups in total. The van der Waals surface area contributed by atoms with Crippen molar-refractivity contribution < 1.29 is 33.8 Å². The third kappa shape index (κ3) is 8.02. The van der Waals surface area contributed by atoms with Crippen molar-refractivity contribution in [1.82, 2.24) is 10.2 Å². The summed E-state index contributed by atoms with van der Waals surface area (Å²) in [6, 6.07) is 21.0. The number of fused-ring (bicyclic) bond motifs is 2. The number of carbonyl (C=O) groups excluding carboxylic acids is 4. The highest BCUT2D eigenvalue weighted by molar-refractivity contribution is 9.10. The lowest BCUT2D eigenvalue weighted by Gasteiger charge is -2.30. The molecule has 1 aliphatic rings. The van der Waals surface area contributed by atoms with E-state index in [1.807, 2.05) is 30.3 Å². The quantitative estimate of drug-likeness (QED) is 0.207. The standard InChI is InChI=1S/C39H43BrN4O7/c1-23(42(6)38(49)51-39(3,4)5)35(46)41-31-22-44(36(47)26-17-15-25(16-18-26)24(2)45)33-14-9-8-13-32(33)43(37(31)48)21-29-27-11-10-12-30(40)28(27)19-20-34(29)50-7/h8-20,23-24,31,45H,21-22H2,1-7H3,(H,41,46)/t23?,24-,31-/m0/s1. The van der Waals surface area contributed by atoms with Gasteiger partial charge in [-0.3, -0.25) is 19.3 Å². The van der Waals surface area contributed by atoms with Crippen molar-refractivity contribution in [3.63, 3.8) is 0 Å². The van der Waals surface area contributed by atoms with Crippen LogP contribution in [0.3, 0.4) is 0 Å². The SMILES string of the molecule is COc1ccc2c(Br)cccc2c1CN1C(=O)[C@@H](NC(=O)C(C)N(C)C(=O)OC(C)(C)C)CN(C(=O)c2ccc([C@H](C)O)cc2)c2ccccc21. The maximum absolute atomic E-state index is 14.8. The Morgan fingerprint density at radius 1 is 0.961 bits per heavy atom. The minimum absolute atomic E-state index is 0.0532. The first kappa shape index (κ1) is 37.3. The van der Waals surface area contributed by atoms with Crippen LogP contribution in [0.25, 0.3) is 10.8 Å². The van der Waals surface area contributed by atoms with Crippen molar-refractivity contribution in [3.8, 4) is 5.75 Å². The number of hydrogen-bond acceptors (Lipinski definition) is 7. The van der Waals surface area contributed by atoms with Gasteiger partial charge in [0, 0.05) is 22.6 Å². The summed E-state index contributed by atoms with van der Waals surface area (Å²) in [5.41, 5.74) is 1.85. The van der Waals surface area contributed by atoms with Crippen molar-refractivity contribution in [2.24, 2.45) is 0 Å². The van der Waals surface area contributed by atoms with Gasteiger partial charge in [-0.15, -0.1) is 0 Å². The molecular weight excluding hydrogens is 716 g/mol. The van der Waals surface area contributed by atoms with Gasteiger partial charge in [0.15, 0.2) is 0 Å². The molecule has 0 saturated heterocycles. The largest absolute Gasteiger partial charge is 0.496 e. The summed E-state index contributed by atoms with van der Waals surface area (Å²) in [5.74, 6) is -0.904. The second-order valence-corrected chi connectivity index (χ2v) is 14.4. The van der Waals surface area contributed by atoms with Crippen LogP contribution in [0.1, 0.15) is 62.2 Å². The maximum atomic E-state index is 14.8. The highest BCUT2D eigenvalue weighted by atomic mass is 79.9. The summed E-state index contributed by atoms with van der Waals surface area (Å²) >= 11 is 3.64. The zero-order valence-corrected chi connectivity index (χ0v) is 31.4. The Hall–Kier alpha value is -4.94. The highest BCUT2D eigenvalue weighted by Gasteiger charge is 2.39. The number of anilines is 2. The Bertz CT molecular complexity index is 1960. The van der Waals surface area contributed by atoms with E-state index in [-0.39, 0.29) is 13.1 Å². The van der Waals surface area contributed by atoms with Gasteiger partial charge >= 0.3 is 6.09 Å². The molecule has 11 nitrogen and oxygen atoms in total. The summed E-state index contributed by atoms with van der Waals surface area (Å²) in [7, 11) is 3.02. The number of ether oxygens (including phenoxy) is 2. The Balaban J connectivity index is 1.60. The Morgan fingerprint density at radius 3 is 2.25 bits per heavy atom. The van der Waals surface area contributed by atoms with Crippen molar-refractivity contribution in [2.75, 3.05) is 30.5 Å². The van der Waals surface area contributed by atoms with Crippen molar-refractivity contribution in [1.29, 1.82) is 0 Å². The number of para-hydroxylation sites is 2. The lowest BCUT2D eigenvalue weighted by atomic mass is 10.0. The average molecular weight is 760 g/mol. The molecular formula is C39H43BrN4O7. The zero-order valence-electron chi connectivity index (χ0n) is 29.8. The number of nitrogens with zero attached hydrogens (tertiary/aromatic N) is 3. The number of likely N-dealkylation sites (N-methyl/N-ethyl adjacent to an activating group) is 1. The summed E-state index contributed by atoms with van der Waals surface area (Å²) in [6.07, 6.45) is -1.41. The Morgan fingerprint density at radius 2 is 1.63 bits per heavy atom. The van der Waals surface area contributed by atoms with Gasteiger partial charge in [0.05, 0.1) is 37.7 Å². The molecule has 4 aromatic rings. The number of carbonyl (C=O) groups is 4. The predicted molar refractivity (Wildman–Crippen MR) is 200 cm³/mol. The number of rotatable bonds is 8. The van der Waals surface area contributed by atoms with Gasteiger partial charge in [-0.2, -0.15) is 0 Å². The molecule has 0 radical (unpaired) electrons. The smallest absolute Gasteiger partial charge is 0.410 e. The molecule has 1 unspecified atom stereocenters. The third-order valence-corrected chi connectivity index (χ3v) is 9.54. The molecule has 268 valence electrons. The molecule has 4 amide bonds. The zero-order chi connectivity index (χ0) is 37.2. The number of benzene rings is 4. The van der Waals surface area contributed by atoms with Crippen LogP contribution >= 0.6 is 15.9 Å². The van der Waals surface area contributed by atoms with Crippen LogP contribution in [0, 0.1) is 0 Å². The molecule has 51 heavy (non-hydrogen) atoms. The van der Waals surface area contributed by atoms with E-state index in [1.54, 1.807) is 95.2 Å². The van der Waals surface area contributed by atoms with E-state index in [2.05, 4.69) is 21.2 Å². The fraction of sp³-hybridized carbons (Fsp3) is 0.333. The average Bonchev–Trinajstić information content (AvgIpc) is 3.21. The number of aliphatic hydroxyl groups excluding tert-OH is 1. The summed E-state index contributed by atoms with van der Waals surface area (Å²) < 4.78 is 12.1. The van der Waals surface area contributed by atoms with E-state index in [1.165, 1.54) is 16.8 Å². The number of hydrogen-bond donors (Lipinski definition) is 2. The first-order valence-electron chi connectivity index (χ1n) is 16.6. The first-order valence-corrected chi connectivity index (χ1v) is 17.4. The monoisotopic (exact) mass is 758 g/mol. The number of aliphatic hydroxyl groups is 1. The summed E-state index contributed by atoms with van der Waals surface area (Å²) in [5, 5.41) is 14.7. The molecule has 0 fully saturated rings. The molecule has 12 heteroatoms. The van der Waals surface area contributed by atoms with E-state index in [4.69, 9.17) is 9.47 Å². The van der Waals surface area contributed by atoms with Crippen LogP contribution in [0.4, 0.5) is 16.2 Å². The van der Waals surface area contributed by atoms with E-state index >= 15 is 0 Å². The van der Waals surface area contributed by atoms with Crippen LogP contribution in [-0.2, 0) is 20.9 Å². The van der Waals surface area contributed by atoms with Gasteiger partial charge < -0.3 is 29.7 Å². The fourth-order valence-corrected chi connectivity index (χ4v) is 6.44. The molecule has 4 aromatic carbocycles. The Kier molecular flexibility index (Phi) is 11.1. The van der Waals surface area contributed by atoms with E-state index < -0.39 is 47.6 Å². The van der Waals surface area contributed by atoms with Gasteiger partial charge in [-0.25, -0.2) is 4.79 Å². The van der Waals surface area contributed by atoms with Crippen LogP contribution in [0.2, 0.25) is 0 Å². The lowest BCUT2D eigenvalue weighted by molar-refractivity contribution is -0.130. The lowest BCUT2D eigenvalue weighted by Crippen LogP contribution is -2.57. The van der Waals surface area contributed by atoms with Gasteiger partial charge in [-0.1, -0.05) is 52.3 Å². The second-order valence-electron chi connectivity index (χ2n) is 13.5. The van der Waals surface area contributed by atoms with Gasteiger partial charge in [0.1, 0.15) is 23.4 Å². The molecule has 0 aliphatic carbocycles. The molecule has 0 saturated carbocycles. The predicted octanol–water partition coefficient (Wildman–Crippen LogP) is 6.60. The van der Waals surface area contributed by atoms with Crippen molar-refractivity contribution in [2.45, 2.75) is 65.0 Å².